The van der Waals surface area contributed by atoms with Crippen LogP contribution in [-0.4, -0.2) is 29.5 Å². The molecular weight excluding hydrogens is 366 g/mol. The van der Waals surface area contributed by atoms with Gasteiger partial charge in [0.15, 0.2) is 0 Å². The number of rotatable bonds is 3. The number of halogens is 1. The van der Waals surface area contributed by atoms with Gasteiger partial charge in [0.25, 0.3) is 0 Å². The minimum absolute atomic E-state index is 0.0985. The van der Waals surface area contributed by atoms with Crippen LogP contribution in [0.4, 0.5) is 0 Å². The van der Waals surface area contributed by atoms with Crippen LogP contribution < -0.4 is 4.74 Å². The fraction of sp³-hybridized carbons (Fsp3) is 0.650. The van der Waals surface area contributed by atoms with E-state index in [2.05, 4.69) is 54.9 Å². The normalized spacial score (nSPS) is 22.4. The highest BCUT2D eigenvalue weighted by Gasteiger charge is 2.44. The van der Waals surface area contributed by atoms with E-state index in [4.69, 9.17) is 4.74 Å². The molecule has 1 atom stereocenters. The summed E-state index contributed by atoms with van der Waals surface area (Å²) in [6.07, 6.45) is 4.54. The molecule has 1 saturated heterocycles. The van der Waals surface area contributed by atoms with E-state index < -0.39 is 0 Å². The Labute approximate surface area is 153 Å². The standard InChI is InChI=1S/C20H28BrNO2/c1-4-5-19(23)22-10-8-20(9-11-22)13-17(14(2)3)16-12-15(21)6-7-18(16)24-20/h6-7,12,14,17H,4-5,8-11,13H2,1-3H3. The van der Waals surface area contributed by atoms with Gasteiger partial charge in [-0.25, -0.2) is 0 Å². The molecule has 2 aliphatic heterocycles. The first-order valence-electron chi connectivity index (χ1n) is 9.20. The zero-order valence-corrected chi connectivity index (χ0v) is 16.6. The Kier molecular flexibility index (Phi) is 5.24. The molecule has 3 nitrogen and oxygen atoms in total. The van der Waals surface area contributed by atoms with Gasteiger partial charge in [0.05, 0.1) is 0 Å². The number of ether oxygens (including phenoxy) is 1. The quantitative estimate of drug-likeness (QED) is 0.711. The summed E-state index contributed by atoms with van der Waals surface area (Å²) in [6, 6.07) is 6.38. The van der Waals surface area contributed by atoms with Gasteiger partial charge >= 0.3 is 0 Å². The van der Waals surface area contributed by atoms with Gasteiger partial charge in [-0.15, -0.1) is 0 Å². The average molecular weight is 394 g/mol. The summed E-state index contributed by atoms with van der Waals surface area (Å²) in [7, 11) is 0. The molecule has 0 saturated carbocycles. The molecular formula is C20H28BrNO2. The minimum Gasteiger partial charge on any atom is -0.487 e. The van der Waals surface area contributed by atoms with Crippen LogP contribution in [-0.2, 0) is 4.79 Å². The summed E-state index contributed by atoms with van der Waals surface area (Å²) < 4.78 is 7.64. The highest BCUT2D eigenvalue weighted by molar-refractivity contribution is 9.10. The van der Waals surface area contributed by atoms with Crippen molar-refractivity contribution in [2.75, 3.05) is 13.1 Å². The molecule has 1 unspecified atom stereocenters. The number of hydrogen-bond donors (Lipinski definition) is 0. The lowest BCUT2D eigenvalue weighted by Gasteiger charge is -2.48. The third kappa shape index (κ3) is 3.49. The van der Waals surface area contributed by atoms with Crippen LogP contribution in [0.25, 0.3) is 0 Å². The zero-order chi connectivity index (χ0) is 17.3. The van der Waals surface area contributed by atoms with Crippen LogP contribution >= 0.6 is 15.9 Å². The van der Waals surface area contributed by atoms with Crippen LogP contribution in [0.3, 0.4) is 0 Å². The van der Waals surface area contributed by atoms with Gasteiger partial charge in [0, 0.05) is 36.8 Å². The Morgan fingerprint density at radius 3 is 2.71 bits per heavy atom. The molecule has 2 aliphatic rings. The monoisotopic (exact) mass is 393 g/mol. The molecule has 4 heteroatoms. The van der Waals surface area contributed by atoms with Crippen molar-refractivity contribution >= 4 is 21.8 Å². The SMILES string of the molecule is CCCC(=O)N1CCC2(CC1)CC(C(C)C)c1cc(Br)ccc1O2. The van der Waals surface area contributed by atoms with E-state index in [1.54, 1.807) is 0 Å². The van der Waals surface area contributed by atoms with E-state index in [9.17, 15) is 4.79 Å². The highest BCUT2D eigenvalue weighted by Crippen LogP contribution is 2.48. The third-order valence-corrected chi connectivity index (χ3v) is 6.08. The van der Waals surface area contributed by atoms with Crippen molar-refractivity contribution in [2.24, 2.45) is 5.92 Å². The Hall–Kier alpha value is -1.03. The summed E-state index contributed by atoms with van der Waals surface area (Å²) >= 11 is 3.59. The van der Waals surface area contributed by atoms with Crippen molar-refractivity contribution in [3.63, 3.8) is 0 Å². The molecule has 0 aromatic heterocycles. The summed E-state index contributed by atoms with van der Waals surface area (Å²) in [5, 5.41) is 0. The van der Waals surface area contributed by atoms with E-state index in [-0.39, 0.29) is 5.60 Å². The van der Waals surface area contributed by atoms with Crippen molar-refractivity contribution < 1.29 is 9.53 Å². The van der Waals surface area contributed by atoms with E-state index in [1.165, 1.54) is 5.56 Å². The minimum atomic E-state index is -0.0985. The first-order valence-corrected chi connectivity index (χ1v) is 9.99. The van der Waals surface area contributed by atoms with E-state index >= 15 is 0 Å². The predicted molar refractivity (Wildman–Crippen MR) is 100 cm³/mol. The molecule has 1 aromatic carbocycles. The van der Waals surface area contributed by atoms with E-state index in [0.29, 0.717) is 24.2 Å². The Morgan fingerprint density at radius 1 is 1.38 bits per heavy atom. The number of carbonyl (C=O) groups excluding carboxylic acids is 1. The van der Waals surface area contributed by atoms with Gasteiger partial charge in [0.2, 0.25) is 5.91 Å². The second-order valence-electron chi connectivity index (χ2n) is 7.65. The number of hydrogen-bond acceptors (Lipinski definition) is 2. The number of carbonyl (C=O) groups is 1. The summed E-state index contributed by atoms with van der Waals surface area (Å²) in [6.45, 7) is 8.32. The highest BCUT2D eigenvalue weighted by atomic mass is 79.9. The van der Waals surface area contributed by atoms with Gasteiger partial charge in [-0.05, 0) is 48.4 Å². The van der Waals surface area contributed by atoms with E-state index in [1.807, 2.05) is 4.90 Å². The first kappa shape index (κ1) is 17.8. The Bertz CT molecular complexity index is 606. The van der Waals surface area contributed by atoms with Crippen LogP contribution in [0.1, 0.15) is 64.4 Å². The van der Waals surface area contributed by atoms with Gasteiger partial charge in [-0.2, -0.15) is 0 Å². The summed E-state index contributed by atoms with van der Waals surface area (Å²) in [5.41, 5.74) is 1.23. The third-order valence-electron chi connectivity index (χ3n) is 5.59. The van der Waals surface area contributed by atoms with Crippen molar-refractivity contribution in [3.05, 3.63) is 28.2 Å². The Balaban J connectivity index is 1.79. The second kappa shape index (κ2) is 7.07. The predicted octanol–water partition coefficient (Wildman–Crippen LogP) is 5.13. The molecule has 3 rings (SSSR count). The molecule has 1 aromatic rings. The van der Waals surface area contributed by atoms with Crippen LogP contribution in [0.2, 0.25) is 0 Å². The topological polar surface area (TPSA) is 29.5 Å². The fourth-order valence-electron chi connectivity index (χ4n) is 4.12. The summed E-state index contributed by atoms with van der Waals surface area (Å²) in [5.74, 6) is 2.44. The van der Waals surface area contributed by atoms with Crippen molar-refractivity contribution in [1.82, 2.24) is 4.90 Å². The first-order chi connectivity index (χ1) is 11.4. The van der Waals surface area contributed by atoms with Gasteiger partial charge in [-0.3, -0.25) is 4.79 Å². The lowest BCUT2D eigenvalue weighted by Crippen LogP contribution is -2.52. The van der Waals surface area contributed by atoms with Crippen molar-refractivity contribution in [2.45, 2.75) is 64.4 Å². The Morgan fingerprint density at radius 2 is 2.08 bits per heavy atom. The maximum atomic E-state index is 12.2. The molecule has 1 fully saturated rings. The molecule has 0 aliphatic carbocycles. The number of likely N-dealkylation sites (tertiary alicyclic amines) is 1. The number of piperidine rings is 1. The average Bonchev–Trinajstić information content (AvgIpc) is 2.55. The number of benzene rings is 1. The molecule has 0 bridgehead atoms. The molecule has 1 spiro atoms. The van der Waals surface area contributed by atoms with Crippen LogP contribution in [0, 0.1) is 5.92 Å². The van der Waals surface area contributed by atoms with Crippen molar-refractivity contribution in [1.29, 1.82) is 0 Å². The molecule has 0 N–H and O–H groups in total. The summed E-state index contributed by atoms with van der Waals surface area (Å²) in [4.78, 5) is 14.2. The van der Waals surface area contributed by atoms with Crippen molar-refractivity contribution in [3.8, 4) is 5.75 Å². The van der Waals surface area contributed by atoms with Gasteiger partial charge in [0.1, 0.15) is 11.4 Å². The molecule has 0 radical (unpaired) electrons. The van der Waals surface area contributed by atoms with Crippen LogP contribution in [0.15, 0.2) is 22.7 Å². The number of nitrogens with zero attached hydrogens (tertiary/aromatic N) is 1. The number of fused-ring (bicyclic) bond motifs is 1. The van der Waals surface area contributed by atoms with E-state index in [0.717, 1.165) is 49.0 Å². The lowest BCUT2D eigenvalue weighted by molar-refractivity contribution is -0.135. The number of amides is 1. The fourth-order valence-corrected chi connectivity index (χ4v) is 4.50. The maximum absolute atomic E-state index is 12.2. The molecule has 2 heterocycles. The van der Waals surface area contributed by atoms with Crippen LogP contribution in [0.5, 0.6) is 5.75 Å². The van der Waals surface area contributed by atoms with Gasteiger partial charge in [-0.1, -0.05) is 36.7 Å². The largest absolute Gasteiger partial charge is 0.487 e. The molecule has 132 valence electrons. The second-order valence-corrected chi connectivity index (χ2v) is 8.57. The maximum Gasteiger partial charge on any atom is 0.222 e. The zero-order valence-electron chi connectivity index (χ0n) is 15.0. The smallest absolute Gasteiger partial charge is 0.222 e. The molecule has 24 heavy (non-hydrogen) atoms. The van der Waals surface area contributed by atoms with Gasteiger partial charge < -0.3 is 9.64 Å². The lowest BCUT2D eigenvalue weighted by atomic mass is 9.73. The molecule has 1 amide bonds.